The van der Waals surface area contributed by atoms with Crippen LogP contribution < -0.4 is 5.73 Å². The van der Waals surface area contributed by atoms with Crippen molar-refractivity contribution in [3.8, 4) is 0 Å². The summed E-state index contributed by atoms with van der Waals surface area (Å²) < 4.78 is 33.3. The smallest absolute Gasteiger partial charge is 0.295 e. The molecule has 7 nitrogen and oxygen atoms in total. The molecule has 30 heavy (non-hydrogen) atoms. The predicted molar refractivity (Wildman–Crippen MR) is 119 cm³/mol. The lowest BCUT2D eigenvalue weighted by Crippen LogP contribution is -2.19. The van der Waals surface area contributed by atoms with E-state index in [1.54, 1.807) is 30.5 Å². The Hall–Kier alpha value is -3.10. The zero-order valence-corrected chi connectivity index (χ0v) is 17.2. The maximum absolute atomic E-state index is 11.8. The van der Waals surface area contributed by atoms with Crippen molar-refractivity contribution in [3.05, 3.63) is 65.9 Å². The second-order valence-corrected chi connectivity index (χ2v) is 8.84. The number of allylic oxidation sites excluding steroid dienone is 4. The van der Waals surface area contributed by atoms with Gasteiger partial charge in [0.05, 0.1) is 17.4 Å². The zero-order valence-electron chi connectivity index (χ0n) is 16.4. The lowest BCUT2D eigenvalue weighted by molar-refractivity contribution is 0.484. The first-order chi connectivity index (χ1) is 14.3. The number of hydrogen-bond acceptors (Lipinski definition) is 6. The van der Waals surface area contributed by atoms with E-state index in [1.807, 2.05) is 6.08 Å². The second-order valence-electron chi connectivity index (χ2n) is 7.45. The molecule has 2 atom stereocenters. The van der Waals surface area contributed by atoms with Gasteiger partial charge in [0.1, 0.15) is 10.6 Å². The summed E-state index contributed by atoms with van der Waals surface area (Å²) in [7, 11) is -4.44. The molecule has 0 bridgehead atoms. The van der Waals surface area contributed by atoms with E-state index in [2.05, 4.69) is 40.4 Å². The number of nitrogen functional groups attached to an aromatic ring is 1. The molecule has 2 aromatic rings. The molecule has 0 spiro atoms. The lowest BCUT2D eigenvalue weighted by Gasteiger charge is -2.23. The summed E-state index contributed by atoms with van der Waals surface area (Å²) in [6.07, 6.45) is 11.9. The normalized spacial score (nSPS) is 21.8. The van der Waals surface area contributed by atoms with E-state index in [0.29, 0.717) is 28.1 Å². The van der Waals surface area contributed by atoms with Crippen LogP contribution in [0.3, 0.4) is 0 Å². The van der Waals surface area contributed by atoms with Crippen LogP contribution in [0, 0.1) is 5.92 Å². The number of rotatable bonds is 4. The first-order valence-electron chi connectivity index (χ1n) is 9.61. The lowest BCUT2D eigenvalue weighted by atomic mass is 9.88. The van der Waals surface area contributed by atoms with Crippen molar-refractivity contribution >= 4 is 38.5 Å². The summed E-state index contributed by atoms with van der Waals surface area (Å²) in [5, 5.41) is 9.15. The van der Waals surface area contributed by atoms with Gasteiger partial charge in [-0.25, -0.2) is 0 Å². The minimum Gasteiger partial charge on any atom is -0.396 e. The predicted octanol–water partition coefficient (Wildman–Crippen LogP) is 5.00. The van der Waals surface area contributed by atoms with E-state index < -0.39 is 10.1 Å². The molecule has 4 rings (SSSR count). The summed E-state index contributed by atoms with van der Waals surface area (Å²) in [5.74, 6) is 0.369. The monoisotopic (exact) mass is 422 g/mol. The fourth-order valence-electron chi connectivity index (χ4n) is 3.67. The van der Waals surface area contributed by atoms with Crippen LogP contribution in [-0.2, 0) is 10.1 Å². The minimum atomic E-state index is -4.44. The average Bonchev–Trinajstić information content (AvgIpc) is 2.73. The van der Waals surface area contributed by atoms with Gasteiger partial charge in [-0.15, -0.1) is 10.2 Å². The Balaban J connectivity index is 1.59. The van der Waals surface area contributed by atoms with E-state index in [0.717, 1.165) is 12.8 Å². The van der Waals surface area contributed by atoms with Crippen LogP contribution in [0.5, 0.6) is 0 Å². The van der Waals surface area contributed by atoms with Gasteiger partial charge in [-0.2, -0.15) is 8.42 Å². The Morgan fingerprint density at radius 1 is 1.13 bits per heavy atom. The Morgan fingerprint density at radius 2 is 1.90 bits per heavy atom. The third-order valence-electron chi connectivity index (χ3n) is 5.36. The van der Waals surface area contributed by atoms with Crippen LogP contribution in [0.4, 0.5) is 11.4 Å². The van der Waals surface area contributed by atoms with Crippen LogP contribution in [0.15, 0.2) is 86.0 Å². The van der Waals surface area contributed by atoms with E-state index in [9.17, 15) is 13.0 Å². The maximum atomic E-state index is 11.8. The number of aliphatic imine (C=N–C) groups is 1. The first-order valence-corrected chi connectivity index (χ1v) is 11.1. The van der Waals surface area contributed by atoms with E-state index in [1.165, 1.54) is 11.6 Å². The standard InChI is InChI=1S/C22H22N4O3S/c1-14-6-8-15(9-7-14)19-11-10-16(13-24-19)25-26-20-12-21(30(27,28)29)17-4-2-3-5-18(17)22(20)23/h2-8,10,12-13,15,19H,9,11,23H2,1H3,(H,27,28,29)/b26-25+. The molecule has 1 heterocycles. The Labute approximate surface area is 175 Å². The van der Waals surface area contributed by atoms with Gasteiger partial charge in [-0.05, 0) is 25.8 Å². The molecule has 1 aliphatic heterocycles. The summed E-state index contributed by atoms with van der Waals surface area (Å²) in [6.45, 7) is 2.08. The molecule has 0 radical (unpaired) electrons. The number of anilines is 1. The van der Waals surface area contributed by atoms with Crippen molar-refractivity contribution in [1.29, 1.82) is 0 Å². The molecular weight excluding hydrogens is 400 g/mol. The fourth-order valence-corrected chi connectivity index (χ4v) is 4.38. The molecule has 3 N–H and O–H groups in total. The van der Waals surface area contributed by atoms with Crippen molar-refractivity contribution in [2.24, 2.45) is 21.1 Å². The summed E-state index contributed by atoms with van der Waals surface area (Å²) in [4.78, 5) is 4.36. The summed E-state index contributed by atoms with van der Waals surface area (Å²) in [5.41, 5.74) is 8.50. The van der Waals surface area contributed by atoms with Gasteiger partial charge in [-0.3, -0.25) is 9.55 Å². The molecule has 0 aromatic heterocycles. The molecular formula is C22H22N4O3S. The van der Waals surface area contributed by atoms with Crippen LogP contribution in [0.25, 0.3) is 10.8 Å². The molecule has 2 aromatic carbocycles. The van der Waals surface area contributed by atoms with E-state index >= 15 is 0 Å². The van der Waals surface area contributed by atoms with Crippen molar-refractivity contribution in [2.45, 2.75) is 30.7 Å². The van der Waals surface area contributed by atoms with Gasteiger partial charge in [-0.1, -0.05) is 54.1 Å². The quantitative estimate of drug-likeness (QED) is 0.409. The third-order valence-corrected chi connectivity index (χ3v) is 6.25. The minimum absolute atomic E-state index is 0.168. The number of nitrogens with zero attached hydrogens (tertiary/aromatic N) is 3. The Kier molecular flexibility index (Phi) is 5.36. The highest BCUT2D eigenvalue weighted by atomic mass is 32.2. The highest BCUT2D eigenvalue weighted by Gasteiger charge is 2.21. The van der Waals surface area contributed by atoms with Gasteiger partial charge in [0.15, 0.2) is 0 Å². The van der Waals surface area contributed by atoms with Crippen molar-refractivity contribution in [1.82, 2.24) is 0 Å². The van der Waals surface area contributed by atoms with E-state index in [-0.39, 0.29) is 16.6 Å². The highest BCUT2D eigenvalue weighted by molar-refractivity contribution is 7.86. The van der Waals surface area contributed by atoms with Crippen molar-refractivity contribution < 1.29 is 13.0 Å². The number of benzene rings is 2. The summed E-state index contributed by atoms with van der Waals surface area (Å²) >= 11 is 0. The van der Waals surface area contributed by atoms with Gasteiger partial charge in [0, 0.05) is 22.9 Å². The van der Waals surface area contributed by atoms with Gasteiger partial charge < -0.3 is 5.73 Å². The highest BCUT2D eigenvalue weighted by Crippen LogP contribution is 2.36. The molecule has 0 saturated carbocycles. The van der Waals surface area contributed by atoms with Gasteiger partial charge >= 0.3 is 0 Å². The number of dihydropyridines is 1. The van der Waals surface area contributed by atoms with Gasteiger partial charge in [0.2, 0.25) is 0 Å². The molecule has 2 unspecified atom stereocenters. The number of fused-ring (bicyclic) bond motifs is 1. The van der Waals surface area contributed by atoms with Crippen molar-refractivity contribution in [3.63, 3.8) is 0 Å². The number of hydrogen-bond donors (Lipinski definition) is 2. The average molecular weight is 423 g/mol. The molecule has 8 heteroatoms. The molecule has 0 saturated heterocycles. The molecule has 1 aliphatic carbocycles. The maximum Gasteiger partial charge on any atom is 0.295 e. The third kappa shape index (κ3) is 4.10. The first kappa shape index (κ1) is 20.2. The topological polar surface area (TPSA) is 117 Å². The van der Waals surface area contributed by atoms with Crippen LogP contribution in [0.2, 0.25) is 0 Å². The van der Waals surface area contributed by atoms with Crippen molar-refractivity contribution in [2.75, 3.05) is 5.73 Å². The van der Waals surface area contributed by atoms with E-state index in [4.69, 9.17) is 5.73 Å². The SMILES string of the molecule is CC1=CCC(C2CC=C(/N=N/c3cc(S(=O)(=O)O)c4ccccc4c3N)C=N2)C=C1. The summed E-state index contributed by atoms with van der Waals surface area (Å²) in [6, 6.07) is 8.08. The Bertz CT molecular complexity index is 1260. The van der Waals surface area contributed by atoms with Gasteiger partial charge in [0.25, 0.3) is 10.1 Å². The molecule has 0 fully saturated rings. The second kappa shape index (κ2) is 7.97. The fraction of sp³-hybridized carbons (Fsp3) is 0.227. The molecule has 0 amide bonds. The number of azo groups is 1. The zero-order chi connectivity index (χ0) is 21.3. The molecule has 154 valence electrons. The Morgan fingerprint density at radius 3 is 2.53 bits per heavy atom. The number of nitrogens with two attached hydrogens (primary N) is 1. The van der Waals surface area contributed by atoms with Crippen LogP contribution >= 0.6 is 0 Å². The molecule has 2 aliphatic rings. The van der Waals surface area contributed by atoms with Crippen LogP contribution in [0.1, 0.15) is 19.8 Å². The largest absolute Gasteiger partial charge is 0.396 e. The van der Waals surface area contributed by atoms with Crippen LogP contribution in [-0.4, -0.2) is 25.2 Å².